The molecular formula is C16H14N2O3. The van der Waals surface area contributed by atoms with Crippen molar-refractivity contribution in [3.63, 3.8) is 0 Å². The summed E-state index contributed by atoms with van der Waals surface area (Å²) in [5.41, 5.74) is 2.14. The molecule has 3 rings (SSSR count). The van der Waals surface area contributed by atoms with Crippen LogP contribution in [0.2, 0.25) is 0 Å². The zero-order chi connectivity index (χ0) is 15.0. The number of phenolic OH excluding ortho intramolecular Hbond substituents is 3. The Kier molecular flexibility index (Phi) is 3.02. The van der Waals surface area contributed by atoms with E-state index in [0.29, 0.717) is 11.3 Å². The highest BCUT2D eigenvalue weighted by atomic mass is 16.3. The summed E-state index contributed by atoms with van der Waals surface area (Å²) in [7, 11) is 1.86. The van der Waals surface area contributed by atoms with Crippen LogP contribution >= 0.6 is 0 Å². The number of nitrogens with zero attached hydrogens (tertiary/aromatic N) is 2. The number of aromatic hydroxyl groups is 3. The Balaban J connectivity index is 2.07. The van der Waals surface area contributed by atoms with Gasteiger partial charge in [-0.05, 0) is 36.4 Å². The van der Waals surface area contributed by atoms with Crippen molar-refractivity contribution in [3.05, 3.63) is 48.7 Å². The molecule has 0 saturated heterocycles. The van der Waals surface area contributed by atoms with Crippen LogP contribution < -0.4 is 0 Å². The molecule has 0 aliphatic carbocycles. The number of hydrogen-bond acceptors (Lipinski definition) is 4. The van der Waals surface area contributed by atoms with Gasteiger partial charge in [-0.1, -0.05) is 0 Å². The number of aromatic nitrogens is 2. The predicted molar refractivity (Wildman–Crippen MR) is 79.1 cm³/mol. The standard InChI is InChI=1S/C16H14N2O3/c1-18-9-15(11-6-13(20)8-14(21)7-11)17-16(18)10-2-4-12(19)5-3-10/h2-9,19-21H,1H3. The molecule has 0 aliphatic rings. The molecule has 1 heterocycles. The third-order valence-corrected chi connectivity index (χ3v) is 3.20. The van der Waals surface area contributed by atoms with E-state index in [1.165, 1.54) is 6.07 Å². The number of phenols is 3. The zero-order valence-corrected chi connectivity index (χ0v) is 11.4. The monoisotopic (exact) mass is 282 g/mol. The second-order valence-electron chi connectivity index (χ2n) is 4.85. The molecule has 0 fully saturated rings. The molecule has 3 N–H and O–H groups in total. The predicted octanol–water partition coefficient (Wildman–Crippen LogP) is 2.87. The summed E-state index contributed by atoms with van der Waals surface area (Å²) >= 11 is 0. The molecule has 21 heavy (non-hydrogen) atoms. The van der Waals surface area contributed by atoms with Crippen molar-refractivity contribution in [2.24, 2.45) is 7.05 Å². The van der Waals surface area contributed by atoms with Gasteiger partial charge in [0.15, 0.2) is 0 Å². The fourth-order valence-electron chi connectivity index (χ4n) is 2.23. The highest BCUT2D eigenvalue weighted by molar-refractivity contribution is 5.67. The average molecular weight is 282 g/mol. The van der Waals surface area contributed by atoms with Gasteiger partial charge in [0.25, 0.3) is 0 Å². The zero-order valence-electron chi connectivity index (χ0n) is 11.4. The molecule has 0 bridgehead atoms. The van der Waals surface area contributed by atoms with E-state index in [-0.39, 0.29) is 17.2 Å². The lowest BCUT2D eigenvalue weighted by atomic mass is 10.1. The van der Waals surface area contributed by atoms with Crippen molar-refractivity contribution in [2.45, 2.75) is 0 Å². The number of benzene rings is 2. The van der Waals surface area contributed by atoms with Crippen molar-refractivity contribution in [1.29, 1.82) is 0 Å². The maximum absolute atomic E-state index is 9.56. The van der Waals surface area contributed by atoms with Gasteiger partial charge < -0.3 is 19.9 Å². The first kappa shape index (κ1) is 13.1. The molecule has 0 amide bonds. The van der Waals surface area contributed by atoms with Crippen LogP contribution in [0.15, 0.2) is 48.7 Å². The van der Waals surface area contributed by atoms with Crippen molar-refractivity contribution < 1.29 is 15.3 Å². The molecule has 0 aliphatic heterocycles. The van der Waals surface area contributed by atoms with E-state index in [1.807, 2.05) is 17.8 Å². The first-order valence-corrected chi connectivity index (χ1v) is 6.39. The Labute approximate surface area is 121 Å². The fourth-order valence-corrected chi connectivity index (χ4v) is 2.23. The lowest BCUT2D eigenvalue weighted by molar-refractivity contribution is 0.451. The van der Waals surface area contributed by atoms with Crippen molar-refractivity contribution in [3.8, 4) is 39.9 Å². The summed E-state index contributed by atoms with van der Waals surface area (Å²) in [6.45, 7) is 0. The van der Waals surface area contributed by atoms with Crippen LogP contribution in [0, 0.1) is 0 Å². The van der Waals surface area contributed by atoms with Crippen LogP contribution in [0.3, 0.4) is 0 Å². The van der Waals surface area contributed by atoms with Crippen LogP contribution in [0.25, 0.3) is 22.6 Å². The molecule has 2 aromatic carbocycles. The smallest absolute Gasteiger partial charge is 0.140 e. The Morgan fingerprint density at radius 2 is 1.43 bits per heavy atom. The van der Waals surface area contributed by atoms with Crippen LogP contribution in [0.1, 0.15) is 0 Å². The molecular weight excluding hydrogens is 268 g/mol. The average Bonchev–Trinajstić information content (AvgIpc) is 2.81. The molecule has 3 aromatic rings. The van der Waals surface area contributed by atoms with Crippen LogP contribution in [0.4, 0.5) is 0 Å². The molecule has 5 heteroatoms. The first-order chi connectivity index (χ1) is 10.0. The summed E-state index contributed by atoms with van der Waals surface area (Å²) in [4.78, 5) is 4.52. The van der Waals surface area contributed by atoms with Gasteiger partial charge in [-0.3, -0.25) is 0 Å². The summed E-state index contributed by atoms with van der Waals surface area (Å²) in [5.74, 6) is 0.905. The van der Waals surface area contributed by atoms with Gasteiger partial charge in [0, 0.05) is 30.4 Å². The topological polar surface area (TPSA) is 78.5 Å². The van der Waals surface area contributed by atoms with E-state index >= 15 is 0 Å². The molecule has 0 radical (unpaired) electrons. The summed E-state index contributed by atoms with van der Waals surface area (Å²) < 4.78 is 1.85. The van der Waals surface area contributed by atoms with E-state index in [9.17, 15) is 15.3 Å². The lowest BCUT2D eigenvalue weighted by Crippen LogP contribution is -1.90. The van der Waals surface area contributed by atoms with E-state index in [4.69, 9.17) is 0 Å². The fraction of sp³-hybridized carbons (Fsp3) is 0.0625. The minimum atomic E-state index is -0.0122. The third kappa shape index (κ3) is 2.53. The Bertz CT molecular complexity index is 772. The van der Waals surface area contributed by atoms with Gasteiger partial charge >= 0.3 is 0 Å². The Morgan fingerprint density at radius 3 is 2.05 bits per heavy atom. The maximum Gasteiger partial charge on any atom is 0.140 e. The van der Waals surface area contributed by atoms with Gasteiger partial charge in [0.1, 0.15) is 23.1 Å². The van der Waals surface area contributed by atoms with E-state index in [0.717, 1.165) is 11.4 Å². The number of aryl methyl sites for hydroxylation is 1. The van der Waals surface area contributed by atoms with Crippen molar-refractivity contribution >= 4 is 0 Å². The quantitative estimate of drug-likeness (QED) is 0.675. The summed E-state index contributed by atoms with van der Waals surface area (Å²) in [5, 5.41) is 28.4. The molecule has 0 saturated carbocycles. The normalized spacial score (nSPS) is 10.7. The second kappa shape index (κ2) is 4.86. The van der Waals surface area contributed by atoms with E-state index in [1.54, 1.807) is 36.4 Å². The van der Waals surface area contributed by atoms with Gasteiger partial charge in [-0.15, -0.1) is 0 Å². The lowest BCUT2D eigenvalue weighted by Gasteiger charge is -2.01. The van der Waals surface area contributed by atoms with E-state index < -0.39 is 0 Å². The number of imidazole rings is 1. The van der Waals surface area contributed by atoms with Gasteiger partial charge in [0.05, 0.1) is 5.69 Å². The molecule has 0 atom stereocenters. The van der Waals surface area contributed by atoms with Crippen LogP contribution in [-0.2, 0) is 7.05 Å². The highest BCUT2D eigenvalue weighted by Gasteiger charge is 2.11. The minimum absolute atomic E-state index is 0.0122. The minimum Gasteiger partial charge on any atom is -0.508 e. The van der Waals surface area contributed by atoms with Crippen LogP contribution in [0.5, 0.6) is 17.2 Å². The summed E-state index contributed by atoms with van der Waals surface area (Å²) in [6, 6.07) is 11.1. The number of rotatable bonds is 2. The van der Waals surface area contributed by atoms with Crippen LogP contribution in [-0.4, -0.2) is 24.9 Å². The molecule has 5 nitrogen and oxygen atoms in total. The maximum atomic E-state index is 9.56. The highest BCUT2D eigenvalue weighted by Crippen LogP contribution is 2.30. The molecule has 1 aromatic heterocycles. The summed E-state index contributed by atoms with van der Waals surface area (Å²) in [6.07, 6.45) is 1.82. The van der Waals surface area contributed by atoms with Gasteiger partial charge in [-0.2, -0.15) is 0 Å². The molecule has 0 unspecified atom stereocenters. The Hall–Kier alpha value is -2.95. The van der Waals surface area contributed by atoms with Gasteiger partial charge in [0.2, 0.25) is 0 Å². The van der Waals surface area contributed by atoms with E-state index in [2.05, 4.69) is 4.98 Å². The molecule has 0 spiro atoms. The van der Waals surface area contributed by atoms with Crippen molar-refractivity contribution in [2.75, 3.05) is 0 Å². The first-order valence-electron chi connectivity index (χ1n) is 6.39. The third-order valence-electron chi connectivity index (χ3n) is 3.20. The SMILES string of the molecule is Cn1cc(-c2cc(O)cc(O)c2)nc1-c1ccc(O)cc1. The van der Waals surface area contributed by atoms with Gasteiger partial charge in [-0.25, -0.2) is 4.98 Å². The van der Waals surface area contributed by atoms with Crippen molar-refractivity contribution in [1.82, 2.24) is 9.55 Å². The largest absolute Gasteiger partial charge is 0.508 e. The second-order valence-corrected chi connectivity index (χ2v) is 4.85. The Morgan fingerprint density at radius 1 is 0.810 bits per heavy atom. The number of hydrogen-bond donors (Lipinski definition) is 3. The molecule has 106 valence electrons.